The summed E-state index contributed by atoms with van der Waals surface area (Å²) in [6.45, 7) is 10.6. The van der Waals surface area contributed by atoms with E-state index in [4.69, 9.17) is 25.8 Å². The quantitative estimate of drug-likeness (QED) is 0.336. The number of amides is 1. The molecule has 1 N–H and O–H groups in total. The molecule has 0 saturated heterocycles. The highest BCUT2D eigenvalue weighted by Gasteiger charge is 2.37. The number of rotatable bonds is 6. The van der Waals surface area contributed by atoms with Crippen molar-refractivity contribution in [2.75, 3.05) is 25.2 Å². The minimum Gasteiger partial charge on any atom is -0.496 e. The second-order valence-corrected chi connectivity index (χ2v) is 12.1. The van der Waals surface area contributed by atoms with Crippen LogP contribution in [0.4, 0.5) is 5.69 Å². The Balaban J connectivity index is 1.74. The van der Waals surface area contributed by atoms with E-state index in [1.165, 1.54) is 7.11 Å². The van der Waals surface area contributed by atoms with Crippen LogP contribution in [0.2, 0.25) is 5.02 Å². The Bertz CT molecular complexity index is 1540. The molecule has 1 amide bonds. The number of anilines is 1. The first kappa shape index (κ1) is 29.0. The molecule has 0 aromatic heterocycles. The molecule has 7 nitrogen and oxygen atoms in total. The summed E-state index contributed by atoms with van der Waals surface area (Å²) >= 11 is 6.16. The third-order valence-electron chi connectivity index (χ3n) is 7.79. The normalized spacial score (nSPS) is 15.1. The van der Waals surface area contributed by atoms with Crippen molar-refractivity contribution in [3.63, 3.8) is 0 Å². The highest BCUT2D eigenvalue weighted by atomic mass is 35.5. The molecule has 216 valence electrons. The Hall–Kier alpha value is -3.55. The SMILES string of the molecule is COc1cc(Cl)ccc1C(=O)N1CCc2c1cc(C)c([C@H](OC(C)(C)C)C(=O)O)c2-c1ccc2c(c1C)CCCO2. The van der Waals surface area contributed by atoms with Crippen molar-refractivity contribution in [3.05, 3.63) is 74.8 Å². The summed E-state index contributed by atoms with van der Waals surface area (Å²) in [5, 5.41) is 10.9. The molecule has 3 aromatic carbocycles. The van der Waals surface area contributed by atoms with Gasteiger partial charge in [-0.1, -0.05) is 17.7 Å². The standard InChI is InChI=1S/C33H36ClNO6/c1-18-16-25-23(13-14-35(25)31(36)24-10-9-20(34)17-27(24)39-6)29(28(18)30(32(37)38)41-33(3,4)5)22-11-12-26-21(19(22)2)8-7-15-40-26/h9-12,16-17,30H,7-8,13-15H2,1-6H3,(H,37,38)/t30-/m0/s1. The van der Waals surface area contributed by atoms with Crippen LogP contribution >= 0.6 is 11.6 Å². The van der Waals surface area contributed by atoms with Gasteiger partial charge >= 0.3 is 5.97 Å². The Morgan fingerprint density at radius 1 is 1.07 bits per heavy atom. The van der Waals surface area contributed by atoms with Crippen molar-refractivity contribution in [1.82, 2.24) is 0 Å². The number of nitrogens with zero attached hydrogens (tertiary/aromatic N) is 1. The number of aryl methyl sites for hydroxylation is 1. The van der Waals surface area contributed by atoms with Crippen LogP contribution in [0, 0.1) is 13.8 Å². The fraction of sp³-hybridized carbons (Fsp3) is 0.394. The average molecular weight is 578 g/mol. The minimum atomic E-state index is -1.19. The summed E-state index contributed by atoms with van der Waals surface area (Å²) in [5.74, 6) is 0.0157. The van der Waals surface area contributed by atoms with Crippen LogP contribution in [-0.2, 0) is 22.4 Å². The van der Waals surface area contributed by atoms with Crippen LogP contribution in [0.25, 0.3) is 11.1 Å². The fourth-order valence-corrected chi connectivity index (χ4v) is 6.17. The van der Waals surface area contributed by atoms with E-state index in [-0.39, 0.29) is 5.91 Å². The molecule has 41 heavy (non-hydrogen) atoms. The molecule has 0 fully saturated rings. The number of halogens is 1. The molecular formula is C33H36ClNO6. The van der Waals surface area contributed by atoms with Crippen molar-refractivity contribution < 1.29 is 28.9 Å². The molecule has 0 aliphatic carbocycles. The lowest BCUT2D eigenvalue weighted by Crippen LogP contribution is -2.30. The number of ether oxygens (including phenoxy) is 3. The Morgan fingerprint density at radius 2 is 1.83 bits per heavy atom. The predicted octanol–water partition coefficient (Wildman–Crippen LogP) is 7.10. The van der Waals surface area contributed by atoms with E-state index in [1.807, 2.05) is 45.9 Å². The molecule has 0 unspecified atom stereocenters. The van der Waals surface area contributed by atoms with Crippen molar-refractivity contribution >= 4 is 29.2 Å². The van der Waals surface area contributed by atoms with Gasteiger partial charge < -0.3 is 24.2 Å². The van der Waals surface area contributed by atoms with Gasteiger partial charge in [0.05, 0.1) is 24.9 Å². The lowest BCUT2D eigenvalue weighted by atomic mass is 9.83. The maximum absolute atomic E-state index is 13.9. The topological polar surface area (TPSA) is 85.3 Å². The molecule has 2 aliphatic rings. The molecule has 0 bridgehead atoms. The van der Waals surface area contributed by atoms with Gasteiger partial charge in [0.1, 0.15) is 11.5 Å². The van der Waals surface area contributed by atoms with Gasteiger partial charge in [-0.25, -0.2) is 4.79 Å². The number of hydrogen-bond acceptors (Lipinski definition) is 5. The van der Waals surface area contributed by atoms with Crippen LogP contribution < -0.4 is 14.4 Å². The van der Waals surface area contributed by atoms with Gasteiger partial charge in [-0.2, -0.15) is 0 Å². The van der Waals surface area contributed by atoms with Crippen LogP contribution in [0.3, 0.4) is 0 Å². The Labute approximate surface area is 246 Å². The van der Waals surface area contributed by atoms with E-state index >= 15 is 0 Å². The van der Waals surface area contributed by atoms with Crippen LogP contribution in [0.5, 0.6) is 11.5 Å². The van der Waals surface area contributed by atoms with Crippen molar-refractivity contribution in [1.29, 1.82) is 0 Å². The number of carboxylic acid groups (broad SMARTS) is 1. The molecule has 1 atom stereocenters. The van der Waals surface area contributed by atoms with Crippen LogP contribution in [-0.4, -0.2) is 42.8 Å². The Morgan fingerprint density at radius 3 is 2.51 bits per heavy atom. The van der Waals surface area contributed by atoms with Crippen molar-refractivity contribution in [3.8, 4) is 22.6 Å². The zero-order valence-electron chi connectivity index (χ0n) is 24.4. The molecule has 8 heteroatoms. The number of methoxy groups -OCH3 is 1. The molecule has 0 radical (unpaired) electrons. The number of carbonyl (C=O) groups excluding carboxylic acids is 1. The van der Waals surface area contributed by atoms with Gasteiger partial charge in [0.25, 0.3) is 5.91 Å². The minimum absolute atomic E-state index is 0.202. The second kappa shape index (κ2) is 11.0. The van der Waals surface area contributed by atoms with Gasteiger partial charge in [-0.15, -0.1) is 0 Å². The summed E-state index contributed by atoms with van der Waals surface area (Å²) in [7, 11) is 1.51. The summed E-state index contributed by atoms with van der Waals surface area (Å²) in [5.41, 5.74) is 6.71. The first-order chi connectivity index (χ1) is 19.4. The number of hydrogen-bond donors (Lipinski definition) is 1. The van der Waals surface area contributed by atoms with Gasteiger partial charge in [0.15, 0.2) is 6.10 Å². The monoisotopic (exact) mass is 577 g/mol. The number of carboxylic acids is 1. The lowest BCUT2D eigenvalue weighted by Gasteiger charge is -2.30. The largest absolute Gasteiger partial charge is 0.496 e. The number of aliphatic carboxylic acids is 1. The van der Waals surface area contributed by atoms with Gasteiger partial charge in [0.2, 0.25) is 0 Å². The predicted molar refractivity (Wildman–Crippen MR) is 160 cm³/mol. The third-order valence-corrected chi connectivity index (χ3v) is 8.02. The molecule has 2 heterocycles. The first-order valence-corrected chi connectivity index (χ1v) is 14.3. The molecule has 5 rings (SSSR count). The molecule has 3 aromatic rings. The second-order valence-electron chi connectivity index (χ2n) is 11.6. The van der Waals surface area contributed by atoms with Gasteiger partial charge in [-0.05, 0) is 118 Å². The maximum atomic E-state index is 13.9. The fourth-order valence-electron chi connectivity index (χ4n) is 6.01. The maximum Gasteiger partial charge on any atom is 0.337 e. The van der Waals surface area contributed by atoms with Crippen molar-refractivity contribution in [2.24, 2.45) is 0 Å². The Kier molecular flexibility index (Phi) is 7.79. The van der Waals surface area contributed by atoms with Gasteiger partial charge in [-0.3, -0.25) is 4.79 Å². The summed E-state index contributed by atoms with van der Waals surface area (Å²) in [6, 6.07) is 10.9. The summed E-state index contributed by atoms with van der Waals surface area (Å²) < 4.78 is 17.6. The number of fused-ring (bicyclic) bond motifs is 2. The molecule has 0 saturated carbocycles. The molecule has 0 spiro atoms. The van der Waals surface area contributed by atoms with Crippen LogP contribution in [0.15, 0.2) is 36.4 Å². The highest BCUT2D eigenvalue weighted by molar-refractivity contribution is 6.31. The van der Waals surface area contributed by atoms with Crippen LogP contribution in [0.1, 0.15) is 71.5 Å². The molecular weight excluding hydrogens is 542 g/mol. The van der Waals surface area contributed by atoms with E-state index in [2.05, 4.69) is 6.92 Å². The van der Waals surface area contributed by atoms with E-state index in [0.29, 0.717) is 41.5 Å². The lowest BCUT2D eigenvalue weighted by molar-refractivity contribution is -0.160. The number of benzene rings is 3. The summed E-state index contributed by atoms with van der Waals surface area (Å²) in [4.78, 5) is 28.4. The third kappa shape index (κ3) is 5.41. The van der Waals surface area contributed by atoms with E-state index in [0.717, 1.165) is 57.7 Å². The van der Waals surface area contributed by atoms with E-state index in [9.17, 15) is 14.7 Å². The average Bonchev–Trinajstić information content (AvgIpc) is 3.34. The summed E-state index contributed by atoms with van der Waals surface area (Å²) in [6.07, 6.45) is 1.18. The van der Waals surface area contributed by atoms with E-state index < -0.39 is 17.7 Å². The van der Waals surface area contributed by atoms with Gasteiger partial charge in [0, 0.05) is 22.8 Å². The zero-order valence-corrected chi connectivity index (χ0v) is 25.1. The zero-order chi connectivity index (χ0) is 29.6. The van der Waals surface area contributed by atoms with Crippen molar-refractivity contribution in [2.45, 2.75) is 65.6 Å². The van der Waals surface area contributed by atoms with E-state index in [1.54, 1.807) is 23.1 Å². The number of carbonyl (C=O) groups is 2. The smallest absolute Gasteiger partial charge is 0.337 e. The molecule has 2 aliphatic heterocycles. The first-order valence-electron chi connectivity index (χ1n) is 13.9. The highest BCUT2D eigenvalue weighted by Crippen LogP contribution is 2.47.